The van der Waals surface area contributed by atoms with Crippen molar-refractivity contribution < 1.29 is 33.4 Å². The first-order valence-corrected chi connectivity index (χ1v) is 9.07. The average molecular weight is 426 g/mol. The van der Waals surface area contributed by atoms with Gasteiger partial charge in [0, 0.05) is 0 Å². The van der Waals surface area contributed by atoms with Crippen LogP contribution in [0.5, 0.6) is 0 Å². The van der Waals surface area contributed by atoms with E-state index in [4.69, 9.17) is 4.74 Å². The highest BCUT2D eigenvalue weighted by atomic mass is 16.6. The average Bonchev–Trinajstić information content (AvgIpc) is 2.62. The number of carbonyl (C=O) groups excluding carboxylic acids is 5. The second-order valence-corrected chi connectivity index (χ2v) is 7.32. The molecule has 0 rings (SSSR count). The number of nitrogens with one attached hydrogen (secondary N) is 4. The number of allylic oxidation sites excluding steroid dienone is 2. The number of methoxy groups -OCH3 is 1. The molecule has 2 atom stereocenters. The first kappa shape index (κ1) is 26.6. The second-order valence-electron chi connectivity index (χ2n) is 7.32. The van der Waals surface area contributed by atoms with Gasteiger partial charge in [-0.25, -0.2) is 9.59 Å². The summed E-state index contributed by atoms with van der Waals surface area (Å²) in [5.74, 6) is -3.81. The van der Waals surface area contributed by atoms with Crippen LogP contribution >= 0.6 is 0 Å². The van der Waals surface area contributed by atoms with Gasteiger partial charge in [-0.3, -0.25) is 25.2 Å². The smallest absolute Gasteiger partial charge is 0.408 e. The molecular weight excluding hydrogens is 396 g/mol. The summed E-state index contributed by atoms with van der Waals surface area (Å²) >= 11 is 0. The Balaban J connectivity index is 4.96. The van der Waals surface area contributed by atoms with Gasteiger partial charge >= 0.3 is 18.0 Å². The van der Waals surface area contributed by atoms with Crippen molar-refractivity contribution in [1.82, 2.24) is 21.5 Å². The highest BCUT2D eigenvalue weighted by molar-refractivity contribution is 6.32. The summed E-state index contributed by atoms with van der Waals surface area (Å²) in [6.45, 7) is 11.6. The third kappa shape index (κ3) is 10.8. The molecule has 0 saturated heterocycles. The summed E-state index contributed by atoms with van der Waals surface area (Å²) in [5, 5.41) is 4.54. The highest BCUT2D eigenvalue weighted by Gasteiger charge is 2.26. The monoisotopic (exact) mass is 426 g/mol. The van der Waals surface area contributed by atoms with Crippen molar-refractivity contribution in [2.75, 3.05) is 7.11 Å². The molecule has 11 heteroatoms. The van der Waals surface area contributed by atoms with E-state index in [0.29, 0.717) is 5.57 Å². The van der Waals surface area contributed by atoms with Crippen LogP contribution in [0, 0.1) is 0 Å². The van der Waals surface area contributed by atoms with E-state index < -0.39 is 47.5 Å². The molecule has 4 amide bonds. The maximum atomic E-state index is 12.4. The van der Waals surface area contributed by atoms with Crippen LogP contribution in [0.4, 0.5) is 4.79 Å². The number of esters is 1. The molecule has 0 aliphatic carbocycles. The Morgan fingerprint density at radius 1 is 1.03 bits per heavy atom. The van der Waals surface area contributed by atoms with Gasteiger partial charge in [0.15, 0.2) is 0 Å². The van der Waals surface area contributed by atoms with Gasteiger partial charge in [-0.1, -0.05) is 24.3 Å². The minimum atomic E-state index is -1.18. The van der Waals surface area contributed by atoms with Crippen LogP contribution in [0.2, 0.25) is 0 Å². The van der Waals surface area contributed by atoms with Crippen LogP contribution in [-0.4, -0.2) is 54.6 Å². The van der Waals surface area contributed by atoms with Crippen LogP contribution in [0.15, 0.2) is 24.3 Å². The summed E-state index contributed by atoms with van der Waals surface area (Å²) in [5.41, 5.74) is 4.22. The molecule has 0 aromatic rings. The van der Waals surface area contributed by atoms with Crippen molar-refractivity contribution in [3.63, 3.8) is 0 Å². The van der Waals surface area contributed by atoms with Gasteiger partial charge in [0.25, 0.3) is 11.8 Å². The van der Waals surface area contributed by atoms with Crippen molar-refractivity contribution in [2.24, 2.45) is 0 Å². The predicted molar refractivity (Wildman–Crippen MR) is 108 cm³/mol. The van der Waals surface area contributed by atoms with Gasteiger partial charge in [-0.15, -0.1) is 0 Å². The zero-order valence-corrected chi connectivity index (χ0v) is 18.1. The molecule has 0 aromatic heterocycles. The Morgan fingerprint density at radius 2 is 1.60 bits per heavy atom. The van der Waals surface area contributed by atoms with Crippen LogP contribution in [0.3, 0.4) is 0 Å². The van der Waals surface area contributed by atoms with Crippen LogP contribution < -0.4 is 21.5 Å². The lowest BCUT2D eigenvalue weighted by atomic mass is 10.1. The van der Waals surface area contributed by atoms with Gasteiger partial charge in [0.05, 0.1) is 7.11 Å². The van der Waals surface area contributed by atoms with Crippen molar-refractivity contribution >= 4 is 29.8 Å². The zero-order chi connectivity index (χ0) is 23.5. The topological polar surface area (TPSA) is 152 Å². The summed E-state index contributed by atoms with van der Waals surface area (Å²) in [4.78, 5) is 59.3. The normalized spacial score (nSPS) is 13.2. The molecule has 0 saturated carbocycles. The van der Waals surface area contributed by atoms with Crippen LogP contribution in [0.25, 0.3) is 0 Å². The fourth-order valence-corrected chi connectivity index (χ4v) is 1.98. The number of alkyl carbamates (subject to hydrolysis) is 1. The Morgan fingerprint density at radius 3 is 2.10 bits per heavy atom. The number of ether oxygens (including phenoxy) is 2. The van der Waals surface area contributed by atoms with Crippen molar-refractivity contribution in [2.45, 2.75) is 58.7 Å². The fourth-order valence-electron chi connectivity index (χ4n) is 1.98. The van der Waals surface area contributed by atoms with E-state index in [0.717, 1.165) is 7.11 Å². The number of amides is 4. The van der Waals surface area contributed by atoms with E-state index in [2.05, 4.69) is 32.8 Å². The largest absolute Gasteiger partial charge is 0.462 e. The van der Waals surface area contributed by atoms with E-state index in [9.17, 15) is 24.0 Å². The summed E-state index contributed by atoms with van der Waals surface area (Å²) in [7, 11) is 1.03. The SMILES string of the molecule is C=C/C=C(\C)C[C@H](NC(=O)C(=O)OC)C(=O)NNC(=O)[C@H](C)NC(=O)OC(C)(C)C. The number of carbonyl (C=O) groups is 5. The number of hydrazine groups is 1. The zero-order valence-electron chi connectivity index (χ0n) is 18.1. The van der Waals surface area contributed by atoms with E-state index in [1.807, 2.05) is 0 Å². The molecule has 30 heavy (non-hydrogen) atoms. The third-order valence-corrected chi connectivity index (χ3v) is 3.36. The molecule has 0 heterocycles. The molecule has 4 N–H and O–H groups in total. The lowest BCUT2D eigenvalue weighted by Gasteiger charge is -2.22. The van der Waals surface area contributed by atoms with E-state index >= 15 is 0 Å². The maximum Gasteiger partial charge on any atom is 0.408 e. The number of hydrogen-bond donors (Lipinski definition) is 4. The lowest BCUT2D eigenvalue weighted by Crippen LogP contribution is -2.56. The maximum absolute atomic E-state index is 12.4. The van der Waals surface area contributed by atoms with E-state index in [1.165, 1.54) is 13.0 Å². The Kier molecular flexibility index (Phi) is 10.9. The Bertz CT molecular complexity index is 710. The molecule has 0 bridgehead atoms. The number of hydrogen-bond acceptors (Lipinski definition) is 7. The quantitative estimate of drug-likeness (QED) is 0.197. The predicted octanol–water partition coefficient (Wildman–Crippen LogP) is 0.227. The molecule has 0 aliphatic rings. The Hall–Kier alpha value is -3.37. The van der Waals surface area contributed by atoms with Crippen LogP contribution in [-0.2, 0) is 28.7 Å². The molecule has 0 aromatic carbocycles. The molecule has 0 spiro atoms. The summed E-state index contributed by atoms with van der Waals surface area (Å²) in [6, 6.07) is -2.20. The minimum Gasteiger partial charge on any atom is -0.462 e. The molecule has 0 unspecified atom stereocenters. The van der Waals surface area contributed by atoms with Crippen molar-refractivity contribution in [3.8, 4) is 0 Å². The fraction of sp³-hybridized carbons (Fsp3) is 0.526. The standard InChI is InChI=1S/C19H30N4O7/c1-8-9-11(2)10-13(21-16(26)17(27)29-7)15(25)23-22-14(24)12(3)20-18(28)30-19(4,5)6/h8-9,12-13H,1,10H2,2-7H3,(H,20,28)(H,21,26)(H,22,24)(H,23,25)/b11-9+/t12-,13-/m0/s1. The van der Waals surface area contributed by atoms with Crippen LogP contribution in [0.1, 0.15) is 41.0 Å². The van der Waals surface area contributed by atoms with Gasteiger partial charge in [0.2, 0.25) is 0 Å². The molecule has 0 aliphatic heterocycles. The first-order chi connectivity index (χ1) is 13.8. The van der Waals surface area contributed by atoms with Crippen molar-refractivity contribution in [1.29, 1.82) is 0 Å². The van der Waals surface area contributed by atoms with Gasteiger partial charge in [-0.05, 0) is 41.0 Å². The molecule has 168 valence electrons. The van der Waals surface area contributed by atoms with E-state index in [-0.39, 0.29) is 6.42 Å². The number of rotatable bonds is 7. The molecular formula is C19H30N4O7. The van der Waals surface area contributed by atoms with Gasteiger partial charge in [-0.2, -0.15) is 0 Å². The molecule has 0 fully saturated rings. The summed E-state index contributed by atoms with van der Waals surface area (Å²) < 4.78 is 9.35. The highest BCUT2D eigenvalue weighted by Crippen LogP contribution is 2.07. The lowest BCUT2D eigenvalue weighted by molar-refractivity contribution is -0.153. The molecule has 0 radical (unpaired) electrons. The van der Waals surface area contributed by atoms with Gasteiger partial charge < -0.3 is 20.1 Å². The van der Waals surface area contributed by atoms with E-state index in [1.54, 1.807) is 33.8 Å². The third-order valence-electron chi connectivity index (χ3n) is 3.36. The molecule has 11 nitrogen and oxygen atoms in total. The minimum absolute atomic E-state index is 0.0438. The van der Waals surface area contributed by atoms with Crippen molar-refractivity contribution in [3.05, 3.63) is 24.3 Å². The first-order valence-electron chi connectivity index (χ1n) is 9.07. The summed E-state index contributed by atoms with van der Waals surface area (Å²) in [6.07, 6.45) is 2.36. The second kappa shape index (κ2) is 12.2. The van der Waals surface area contributed by atoms with Gasteiger partial charge in [0.1, 0.15) is 17.7 Å². The Labute approximate surface area is 175 Å².